The van der Waals surface area contributed by atoms with Crippen LogP contribution in [0.25, 0.3) is 0 Å². The number of benzene rings is 1. The SMILES string of the molecule is Cc1cnc(NN)nc1Oc1ccccc1OC(F)(F)F. The van der Waals surface area contributed by atoms with E-state index in [1.165, 1.54) is 24.4 Å². The van der Waals surface area contributed by atoms with Gasteiger partial charge in [-0.1, -0.05) is 12.1 Å². The lowest BCUT2D eigenvalue weighted by Gasteiger charge is -2.14. The number of hydrogen-bond donors (Lipinski definition) is 2. The van der Waals surface area contributed by atoms with Gasteiger partial charge >= 0.3 is 6.36 Å². The van der Waals surface area contributed by atoms with Gasteiger partial charge in [-0.05, 0) is 19.1 Å². The fourth-order valence-corrected chi connectivity index (χ4v) is 1.45. The quantitative estimate of drug-likeness (QED) is 0.667. The summed E-state index contributed by atoms with van der Waals surface area (Å²) in [5, 5.41) is 0. The van der Waals surface area contributed by atoms with E-state index in [0.717, 1.165) is 6.07 Å². The van der Waals surface area contributed by atoms with E-state index in [0.29, 0.717) is 5.56 Å². The van der Waals surface area contributed by atoms with Crippen molar-refractivity contribution in [1.29, 1.82) is 0 Å². The van der Waals surface area contributed by atoms with Crippen molar-refractivity contribution in [3.8, 4) is 17.4 Å². The predicted octanol–water partition coefficient (Wildman–Crippen LogP) is 2.76. The monoisotopic (exact) mass is 300 g/mol. The zero-order valence-electron chi connectivity index (χ0n) is 10.8. The van der Waals surface area contributed by atoms with Crippen LogP contribution in [-0.4, -0.2) is 16.3 Å². The third-order valence-corrected chi connectivity index (χ3v) is 2.34. The summed E-state index contributed by atoms with van der Waals surface area (Å²) in [7, 11) is 0. The summed E-state index contributed by atoms with van der Waals surface area (Å²) in [6, 6.07) is 5.38. The molecule has 0 aliphatic heterocycles. The van der Waals surface area contributed by atoms with E-state index >= 15 is 0 Å². The molecule has 0 atom stereocenters. The number of aromatic nitrogens is 2. The molecule has 1 aromatic carbocycles. The van der Waals surface area contributed by atoms with Gasteiger partial charge in [0.1, 0.15) is 0 Å². The van der Waals surface area contributed by atoms with Gasteiger partial charge < -0.3 is 9.47 Å². The van der Waals surface area contributed by atoms with Gasteiger partial charge in [0, 0.05) is 11.8 Å². The fraction of sp³-hybridized carbons (Fsp3) is 0.167. The number of para-hydroxylation sites is 2. The first kappa shape index (κ1) is 14.9. The normalized spacial score (nSPS) is 11.1. The molecule has 6 nitrogen and oxygen atoms in total. The summed E-state index contributed by atoms with van der Waals surface area (Å²) < 4.78 is 46.2. The number of nitrogens with one attached hydrogen (secondary N) is 1. The Morgan fingerprint density at radius 1 is 1.19 bits per heavy atom. The van der Waals surface area contributed by atoms with Crippen LogP contribution in [-0.2, 0) is 0 Å². The molecule has 0 spiro atoms. The van der Waals surface area contributed by atoms with Crippen molar-refractivity contribution in [3.05, 3.63) is 36.0 Å². The minimum atomic E-state index is -4.82. The second kappa shape index (κ2) is 5.83. The van der Waals surface area contributed by atoms with E-state index in [-0.39, 0.29) is 17.6 Å². The minimum Gasteiger partial charge on any atom is -0.435 e. The molecule has 0 radical (unpaired) electrons. The van der Waals surface area contributed by atoms with Crippen LogP contribution < -0.4 is 20.7 Å². The summed E-state index contributed by atoms with van der Waals surface area (Å²) in [5.41, 5.74) is 2.74. The number of alkyl halides is 3. The highest BCUT2D eigenvalue weighted by atomic mass is 19.4. The molecular formula is C12H11F3N4O2. The number of nitrogens with two attached hydrogens (primary N) is 1. The Hall–Kier alpha value is -2.55. The minimum absolute atomic E-state index is 0.0659. The summed E-state index contributed by atoms with van der Waals surface area (Å²) in [5.74, 6) is 4.72. The molecule has 1 aromatic heterocycles. The lowest BCUT2D eigenvalue weighted by Crippen LogP contribution is -2.17. The van der Waals surface area contributed by atoms with Crippen LogP contribution in [0.3, 0.4) is 0 Å². The number of anilines is 1. The van der Waals surface area contributed by atoms with Crippen molar-refractivity contribution in [1.82, 2.24) is 9.97 Å². The van der Waals surface area contributed by atoms with Crippen molar-refractivity contribution >= 4 is 5.95 Å². The van der Waals surface area contributed by atoms with Crippen molar-refractivity contribution in [2.75, 3.05) is 5.43 Å². The van der Waals surface area contributed by atoms with Crippen molar-refractivity contribution < 1.29 is 22.6 Å². The highest BCUT2D eigenvalue weighted by Gasteiger charge is 2.32. The van der Waals surface area contributed by atoms with Gasteiger partial charge in [-0.2, -0.15) is 4.98 Å². The molecular weight excluding hydrogens is 289 g/mol. The molecule has 2 aromatic rings. The van der Waals surface area contributed by atoms with Crippen LogP contribution in [0.2, 0.25) is 0 Å². The molecule has 3 N–H and O–H groups in total. The molecule has 0 aliphatic carbocycles. The topological polar surface area (TPSA) is 82.3 Å². The average molecular weight is 300 g/mol. The molecule has 0 saturated heterocycles. The Balaban J connectivity index is 2.31. The molecule has 0 aliphatic rings. The van der Waals surface area contributed by atoms with E-state index in [4.69, 9.17) is 10.6 Å². The average Bonchev–Trinajstić information content (AvgIpc) is 2.42. The van der Waals surface area contributed by atoms with Crippen LogP contribution in [0, 0.1) is 6.92 Å². The third kappa shape index (κ3) is 3.96. The molecule has 0 fully saturated rings. The van der Waals surface area contributed by atoms with Crippen LogP contribution in [0.15, 0.2) is 30.5 Å². The van der Waals surface area contributed by atoms with Crippen molar-refractivity contribution in [2.24, 2.45) is 5.84 Å². The zero-order valence-corrected chi connectivity index (χ0v) is 10.8. The first-order valence-corrected chi connectivity index (χ1v) is 5.72. The zero-order chi connectivity index (χ0) is 15.5. The number of rotatable bonds is 4. The van der Waals surface area contributed by atoms with E-state index in [2.05, 4.69) is 20.1 Å². The van der Waals surface area contributed by atoms with Gasteiger partial charge in [-0.3, -0.25) is 5.43 Å². The number of ether oxygens (including phenoxy) is 2. The smallest absolute Gasteiger partial charge is 0.435 e. The van der Waals surface area contributed by atoms with Crippen LogP contribution in [0.1, 0.15) is 5.56 Å². The Kier molecular flexibility index (Phi) is 4.13. The number of halogens is 3. The molecule has 0 amide bonds. The molecule has 9 heteroatoms. The molecule has 0 unspecified atom stereocenters. The third-order valence-electron chi connectivity index (χ3n) is 2.34. The maximum atomic E-state index is 12.3. The van der Waals surface area contributed by atoms with Crippen molar-refractivity contribution in [2.45, 2.75) is 13.3 Å². The van der Waals surface area contributed by atoms with Crippen LogP contribution in [0.5, 0.6) is 17.4 Å². The van der Waals surface area contributed by atoms with Gasteiger partial charge in [0.2, 0.25) is 11.8 Å². The van der Waals surface area contributed by atoms with E-state index in [1.807, 2.05) is 0 Å². The first-order chi connectivity index (χ1) is 9.89. The molecule has 0 saturated carbocycles. The van der Waals surface area contributed by atoms with Crippen LogP contribution in [0.4, 0.5) is 19.1 Å². The van der Waals surface area contributed by atoms with Gasteiger partial charge in [-0.15, -0.1) is 13.2 Å². The van der Waals surface area contributed by atoms with Gasteiger partial charge in [-0.25, -0.2) is 10.8 Å². The molecule has 0 bridgehead atoms. The molecule has 112 valence electrons. The molecule has 21 heavy (non-hydrogen) atoms. The maximum absolute atomic E-state index is 12.3. The first-order valence-electron chi connectivity index (χ1n) is 5.72. The Morgan fingerprint density at radius 3 is 2.48 bits per heavy atom. The number of aryl methyl sites for hydroxylation is 1. The summed E-state index contributed by atoms with van der Waals surface area (Å²) in [6.45, 7) is 1.64. The Bertz CT molecular complexity index is 634. The predicted molar refractivity (Wildman–Crippen MR) is 67.8 cm³/mol. The van der Waals surface area contributed by atoms with Gasteiger partial charge in [0.15, 0.2) is 11.5 Å². The number of nitrogens with zero attached hydrogens (tertiary/aromatic N) is 2. The van der Waals surface area contributed by atoms with Crippen LogP contribution >= 0.6 is 0 Å². The maximum Gasteiger partial charge on any atom is 0.573 e. The standard InChI is InChI=1S/C12H11F3N4O2/c1-7-6-17-11(19-16)18-10(7)20-8-4-2-3-5-9(8)21-12(13,14)15/h2-6H,16H2,1H3,(H,17,18,19). The summed E-state index contributed by atoms with van der Waals surface area (Å²) >= 11 is 0. The Morgan fingerprint density at radius 2 is 1.86 bits per heavy atom. The lowest BCUT2D eigenvalue weighted by atomic mass is 10.3. The van der Waals surface area contributed by atoms with Gasteiger partial charge in [0.05, 0.1) is 0 Å². The van der Waals surface area contributed by atoms with Crippen molar-refractivity contribution in [3.63, 3.8) is 0 Å². The number of hydrogen-bond acceptors (Lipinski definition) is 6. The fourth-order valence-electron chi connectivity index (χ4n) is 1.45. The Labute approximate surface area is 117 Å². The number of hydrazine groups is 1. The molecule has 2 rings (SSSR count). The second-order valence-corrected chi connectivity index (χ2v) is 3.92. The summed E-state index contributed by atoms with van der Waals surface area (Å²) in [4.78, 5) is 7.76. The highest BCUT2D eigenvalue weighted by molar-refractivity contribution is 5.43. The van der Waals surface area contributed by atoms with E-state index in [9.17, 15) is 13.2 Å². The second-order valence-electron chi connectivity index (χ2n) is 3.92. The van der Waals surface area contributed by atoms with E-state index in [1.54, 1.807) is 6.92 Å². The largest absolute Gasteiger partial charge is 0.573 e. The number of nitrogen functional groups attached to an aromatic ring is 1. The molecule has 1 heterocycles. The lowest BCUT2D eigenvalue weighted by molar-refractivity contribution is -0.275. The summed E-state index contributed by atoms with van der Waals surface area (Å²) in [6.07, 6.45) is -3.39. The van der Waals surface area contributed by atoms with E-state index < -0.39 is 12.1 Å². The highest BCUT2D eigenvalue weighted by Crippen LogP contribution is 2.35. The van der Waals surface area contributed by atoms with Gasteiger partial charge in [0.25, 0.3) is 0 Å².